The van der Waals surface area contributed by atoms with Crippen LogP contribution < -0.4 is 0 Å². The highest BCUT2D eigenvalue weighted by molar-refractivity contribution is 5.73. The molecule has 0 aromatic heterocycles. The lowest BCUT2D eigenvalue weighted by atomic mass is 9.89. The zero-order valence-corrected chi connectivity index (χ0v) is 9.97. The summed E-state index contributed by atoms with van der Waals surface area (Å²) in [4.78, 5) is 12.0. The summed E-state index contributed by atoms with van der Waals surface area (Å²) in [5, 5.41) is 0. The van der Waals surface area contributed by atoms with Gasteiger partial charge < -0.3 is 4.74 Å². The van der Waals surface area contributed by atoms with E-state index in [-0.39, 0.29) is 11.9 Å². The molecule has 1 aromatic carbocycles. The first kappa shape index (κ1) is 10.8. The monoisotopic (exact) mass is 230 g/mol. The van der Waals surface area contributed by atoms with Gasteiger partial charge >= 0.3 is 5.97 Å². The van der Waals surface area contributed by atoms with Crippen LogP contribution in [0.15, 0.2) is 30.3 Å². The van der Waals surface area contributed by atoms with E-state index in [1.54, 1.807) is 0 Å². The second kappa shape index (κ2) is 4.52. The lowest BCUT2D eigenvalue weighted by Crippen LogP contribution is -2.23. The molecule has 0 amide bonds. The average molecular weight is 230 g/mol. The maximum Gasteiger partial charge on any atom is 0.309 e. The number of benzene rings is 1. The third-order valence-electron chi connectivity index (χ3n) is 4.26. The van der Waals surface area contributed by atoms with Crippen LogP contribution in [0.1, 0.15) is 31.2 Å². The van der Waals surface area contributed by atoms with E-state index in [0.29, 0.717) is 12.5 Å². The fourth-order valence-corrected chi connectivity index (χ4v) is 3.37. The quantitative estimate of drug-likeness (QED) is 0.745. The number of rotatable bonds is 3. The minimum absolute atomic E-state index is 0.0288. The molecule has 2 aliphatic rings. The molecule has 2 saturated carbocycles. The summed E-state index contributed by atoms with van der Waals surface area (Å²) >= 11 is 0. The maximum atomic E-state index is 12.0. The Morgan fingerprint density at radius 3 is 2.65 bits per heavy atom. The normalized spacial score (nSPS) is 30.5. The molecule has 2 aliphatic carbocycles. The Labute approximate surface area is 102 Å². The Balaban J connectivity index is 1.54. The van der Waals surface area contributed by atoms with Crippen LogP contribution in [0.3, 0.4) is 0 Å². The van der Waals surface area contributed by atoms with E-state index >= 15 is 0 Å². The van der Waals surface area contributed by atoms with Crippen LogP contribution in [-0.4, -0.2) is 5.97 Å². The van der Waals surface area contributed by atoms with Crippen LogP contribution in [0.25, 0.3) is 0 Å². The molecule has 17 heavy (non-hydrogen) atoms. The van der Waals surface area contributed by atoms with Gasteiger partial charge in [-0.2, -0.15) is 0 Å². The average Bonchev–Trinajstić information content (AvgIpc) is 2.99. The molecule has 3 atom stereocenters. The van der Waals surface area contributed by atoms with Crippen molar-refractivity contribution in [3.63, 3.8) is 0 Å². The van der Waals surface area contributed by atoms with Crippen molar-refractivity contribution in [1.29, 1.82) is 0 Å². The molecule has 2 bridgehead atoms. The summed E-state index contributed by atoms with van der Waals surface area (Å²) in [7, 11) is 0. The first-order valence-corrected chi connectivity index (χ1v) is 6.53. The largest absolute Gasteiger partial charge is 0.461 e. The lowest BCUT2D eigenvalue weighted by molar-refractivity contribution is -0.151. The number of hydrogen-bond donors (Lipinski definition) is 0. The van der Waals surface area contributed by atoms with Crippen LogP contribution in [0.2, 0.25) is 0 Å². The molecular formula is C15H18O2. The van der Waals surface area contributed by atoms with Crippen molar-refractivity contribution in [3.05, 3.63) is 35.9 Å². The summed E-state index contributed by atoms with van der Waals surface area (Å²) in [5.74, 6) is 1.64. The number of ether oxygens (including phenoxy) is 1. The molecule has 0 saturated heterocycles. The van der Waals surface area contributed by atoms with Crippen molar-refractivity contribution >= 4 is 5.97 Å². The maximum absolute atomic E-state index is 12.0. The Hall–Kier alpha value is -1.31. The number of carbonyl (C=O) groups is 1. The predicted octanol–water partition coefficient (Wildman–Crippen LogP) is 3.17. The van der Waals surface area contributed by atoms with E-state index in [1.165, 1.54) is 19.3 Å². The molecule has 2 heteroatoms. The molecule has 2 fully saturated rings. The van der Waals surface area contributed by atoms with E-state index in [4.69, 9.17) is 4.74 Å². The minimum atomic E-state index is 0.0288. The van der Waals surface area contributed by atoms with Gasteiger partial charge in [-0.1, -0.05) is 36.8 Å². The van der Waals surface area contributed by atoms with Gasteiger partial charge in [-0.25, -0.2) is 0 Å². The fraction of sp³-hybridized carbons (Fsp3) is 0.533. The highest BCUT2D eigenvalue weighted by Gasteiger charge is 2.43. The second-order valence-electron chi connectivity index (χ2n) is 5.37. The van der Waals surface area contributed by atoms with Gasteiger partial charge in [-0.15, -0.1) is 0 Å². The predicted molar refractivity (Wildman–Crippen MR) is 65.2 cm³/mol. The Kier molecular flexibility index (Phi) is 2.87. The molecule has 0 N–H and O–H groups in total. The van der Waals surface area contributed by atoms with Gasteiger partial charge in [0, 0.05) is 0 Å². The number of hydrogen-bond acceptors (Lipinski definition) is 2. The Bertz CT molecular complexity index is 399. The van der Waals surface area contributed by atoms with Crippen molar-refractivity contribution in [2.45, 2.75) is 32.3 Å². The van der Waals surface area contributed by atoms with Crippen LogP contribution in [0.4, 0.5) is 0 Å². The van der Waals surface area contributed by atoms with Crippen LogP contribution >= 0.6 is 0 Å². The summed E-state index contributed by atoms with van der Waals surface area (Å²) in [6.45, 7) is 0.424. The summed E-state index contributed by atoms with van der Waals surface area (Å²) in [6, 6.07) is 9.91. The van der Waals surface area contributed by atoms with E-state index in [0.717, 1.165) is 17.9 Å². The van der Waals surface area contributed by atoms with Crippen LogP contribution in [0.5, 0.6) is 0 Å². The van der Waals surface area contributed by atoms with Crippen molar-refractivity contribution < 1.29 is 9.53 Å². The van der Waals surface area contributed by atoms with Gasteiger partial charge in [0.15, 0.2) is 0 Å². The molecular weight excluding hydrogens is 212 g/mol. The number of esters is 1. The smallest absolute Gasteiger partial charge is 0.309 e. The minimum Gasteiger partial charge on any atom is -0.461 e. The number of fused-ring (bicyclic) bond motifs is 2. The van der Waals surface area contributed by atoms with Gasteiger partial charge in [-0.3, -0.25) is 4.79 Å². The van der Waals surface area contributed by atoms with Crippen LogP contribution in [-0.2, 0) is 16.1 Å². The van der Waals surface area contributed by atoms with Crippen molar-refractivity contribution in [3.8, 4) is 0 Å². The molecule has 2 nitrogen and oxygen atoms in total. The number of carbonyl (C=O) groups excluding carboxylic acids is 1. The van der Waals surface area contributed by atoms with Gasteiger partial charge in [-0.05, 0) is 36.7 Å². The topological polar surface area (TPSA) is 26.3 Å². The van der Waals surface area contributed by atoms with E-state index in [1.807, 2.05) is 30.3 Å². The second-order valence-corrected chi connectivity index (χ2v) is 5.37. The molecule has 3 rings (SSSR count). The van der Waals surface area contributed by atoms with Gasteiger partial charge in [0.1, 0.15) is 6.61 Å². The summed E-state index contributed by atoms with van der Waals surface area (Å²) in [6.07, 6.45) is 4.88. The fourth-order valence-electron chi connectivity index (χ4n) is 3.37. The molecule has 1 aromatic rings. The molecule has 0 unspecified atom stereocenters. The van der Waals surface area contributed by atoms with Crippen molar-refractivity contribution in [1.82, 2.24) is 0 Å². The van der Waals surface area contributed by atoms with Crippen molar-refractivity contribution in [2.24, 2.45) is 17.8 Å². The Morgan fingerprint density at radius 1 is 1.18 bits per heavy atom. The molecule has 0 heterocycles. The van der Waals surface area contributed by atoms with Gasteiger partial charge in [0.2, 0.25) is 0 Å². The third-order valence-corrected chi connectivity index (χ3v) is 4.26. The molecule has 90 valence electrons. The SMILES string of the molecule is O=C(OCc1ccccc1)[C@H]1C[C@@H]2CC[C@H]1C2. The first-order valence-electron chi connectivity index (χ1n) is 6.53. The Morgan fingerprint density at radius 2 is 2.00 bits per heavy atom. The van der Waals surface area contributed by atoms with Gasteiger partial charge in [0.25, 0.3) is 0 Å². The third kappa shape index (κ3) is 2.21. The summed E-state index contributed by atoms with van der Waals surface area (Å²) < 4.78 is 5.43. The van der Waals surface area contributed by atoms with Crippen molar-refractivity contribution in [2.75, 3.05) is 0 Å². The highest BCUT2D eigenvalue weighted by Crippen LogP contribution is 2.48. The van der Waals surface area contributed by atoms with Gasteiger partial charge in [0.05, 0.1) is 5.92 Å². The lowest BCUT2D eigenvalue weighted by Gasteiger charge is -2.19. The van der Waals surface area contributed by atoms with E-state index in [2.05, 4.69) is 0 Å². The standard InChI is InChI=1S/C15H18O2/c16-15(14-9-12-6-7-13(14)8-12)17-10-11-4-2-1-3-5-11/h1-5,12-14H,6-10H2/t12-,13+,14+/m1/s1. The first-order chi connectivity index (χ1) is 8.33. The molecule has 0 spiro atoms. The van der Waals surface area contributed by atoms with Crippen LogP contribution in [0, 0.1) is 17.8 Å². The van der Waals surface area contributed by atoms with E-state index in [9.17, 15) is 4.79 Å². The molecule has 0 aliphatic heterocycles. The zero-order valence-electron chi connectivity index (χ0n) is 9.97. The highest BCUT2D eigenvalue weighted by atomic mass is 16.5. The zero-order chi connectivity index (χ0) is 11.7. The van der Waals surface area contributed by atoms with E-state index < -0.39 is 0 Å². The molecule has 0 radical (unpaired) electrons. The summed E-state index contributed by atoms with van der Waals surface area (Å²) in [5.41, 5.74) is 1.07.